The van der Waals surface area contributed by atoms with Crippen molar-refractivity contribution in [3.8, 4) is 40.0 Å². The number of hydrogen-bond acceptors (Lipinski definition) is 8. The molecule has 0 aliphatic heterocycles. The number of carbonyl (C=O) groups excluding carboxylic acids is 2. The molecule has 9 nitrogen and oxygen atoms in total. The maximum atomic E-state index is 14.0. The van der Waals surface area contributed by atoms with Crippen molar-refractivity contribution in [2.24, 2.45) is 5.73 Å². The number of aromatic hydroxyl groups is 1. The normalized spacial score (nSPS) is 12.5. The van der Waals surface area contributed by atoms with Gasteiger partial charge in [0, 0.05) is 11.3 Å². The second-order valence-electron chi connectivity index (χ2n) is 9.30. The van der Waals surface area contributed by atoms with Gasteiger partial charge in [0.15, 0.2) is 12.1 Å². The maximum Gasteiger partial charge on any atom is 0.472 e. The van der Waals surface area contributed by atoms with Gasteiger partial charge in [-0.3, -0.25) is 14.5 Å². The number of nitrogens with zero attached hydrogens (tertiary/aromatic N) is 3. The number of aldehydes is 1. The molecule has 4 N–H and O–H groups in total. The van der Waals surface area contributed by atoms with Crippen molar-refractivity contribution in [1.29, 1.82) is 5.26 Å². The third-order valence-corrected chi connectivity index (χ3v) is 6.10. The summed E-state index contributed by atoms with van der Waals surface area (Å²) in [4.78, 5) is 28.9. The molecule has 0 radical (unpaired) electrons. The van der Waals surface area contributed by atoms with Gasteiger partial charge < -0.3 is 20.9 Å². The summed E-state index contributed by atoms with van der Waals surface area (Å²) in [7, 11) is 1.33. The van der Waals surface area contributed by atoms with Gasteiger partial charge in [-0.15, -0.1) is 0 Å². The first kappa shape index (κ1) is 29.6. The number of carbonyl (C=O) groups is 2. The van der Waals surface area contributed by atoms with Crippen LogP contribution in [0.2, 0.25) is 0 Å². The molecule has 214 valence electrons. The Balaban J connectivity index is 2.10. The number of aromatic nitrogens is 1. The molecule has 0 unspecified atom stereocenters. The minimum atomic E-state index is -5.34. The van der Waals surface area contributed by atoms with Gasteiger partial charge in [-0.25, -0.2) is 4.98 Å². The number of phenolic OH excluding ortho intramolecular Hbond substituents is 1. The number of anilines is 3. The summed E-state index contributed by atoms with van der Waals surface area (Å²) < 4.78 is 47.3. The van der Waals surface area contributed by atoms with Gasteiger partial charge >= 0.3 is 12.1 Å². The Morgan fingerprint density at radius 3 is 2.40 bits per heavy atom. The molecule has 42 heavy (non-hydrogen) atoms. The zero-order valence-electron chi connectivity index (χ0n) is 22.3. The standard InChI is InChI=1S/C30H24F3N5O4/c1-29(35,17-39)37-19-9-6-8-18(14-19)21-15-23(26-24(40)12-7-13-25(26)42-2)36-27(22(21)16-34)38(28(41)30(31,32)33)20-10-4-3-5-11-20/h3-15,17,37,40H,35H2,1-2H3/t29-/m0/s1. The fourth-order valence-electron chi connectivity index (χ4n) is 4.25. The molecule has 1 atom stereocenters. The van der Waals surface area contributed by atoms with Crippen LogP contribution in [0.3, 0.4) is 0 Å². The van der Waals surface area contributed by atoms with Crippen LogP contribution in [0.5, 0.6) is 11.5 Å². The maximum absolute atomic E-state index is 14.0. The van der Waals surface area contributed by atoms with Crippen LogP contribution in [0.1, 0.15) is 12.5 Å². The average Bonchev–Trinajstić information content (AvgIpc) is 2.96. The Hall–Kier alpha value is -5.41. The average molecular weight is 576 g/mol. The Morgan fingerprint density at radius 2 is 1.79 bits per heavy atom. The first-order valence-corrected chi connectivity index (χ1v) is 12.3. The Labute approximate surface area is 238 Å². The highest BCUT2D eigenvalue weighted by molar-refractivity contribution is 6.05. The first-order valence-electron chi connectivity index (χ1n) is 12.3. The number of pyridine rings is 1. The highest BCUT2D eigenvalue weighted by atomic mass is 19.4. The number of nitrogens with two attached hydrogens (primary N) is 1. The number of para-hydroxylation sites is 1. The van der Waals surface area contributed by atoms with Crippen LogP contribution in [0.25, 0.3) is 22.4 Å². The molecule has 0 saturated carbocycles. The van der Waals surface area contributed by atoms with Crippen molar-refractivity contribution in [1.82, 2.24) is 4.98 Å². The van der Waals surface area contributed by atoms with E-state index in [1.165, 1.54) is 68.6 Å². The molecular weight excluding hydrogens is 551 g/mol. The van der Waals surface area contributed by atoms with Gasteiger partial charge in [0.1, 0.15) is 28.8 Å². The highest BCUT2D eigenvalue weighted by Crippen LogP contribution is 2.43. The summed E-state index contributed by atoms with van der Waals surface area (Å²) in [5, 5.41) is 23.9. The van der Waals surface area contributed by atoms with Gasteiger partial charge in [0.05, 0.1) is 24.1 Å². The van der Waals surface area contributed by atoms with Crippen LogP contribution >= 0.6 is 0 Å². The smallest absolute Gasteiger partial charge is 0.472 e. The van der Waals surface area contributed by atoms with Gasteiger partial charge in [-0.05, 0) is 55.0 Å². The van der Waals surface area contributed by atoms with Crippen LogP contribution in [-0.2, 0) is 9.59 Å². The Bertz CT molecular complexity index is 1690. The van der Waals surface area contributed by atoms with E-state index in [4.69, 9.17) is 10.5 Å². The molecule has 1 heterocycles. The van der Waals surface area contributed by atoms with Crippen LogP contribution in [0, 0.1) is 11.3 Å². The van der Waals surface area contributed by atoms with Crippen LogP contribution < -0.4 is 20.7 Å². The molecule has 0 aliphatic rings. The molecular formula is C30H24F3N5O4. The lowest BCUT2D eigenvalue weighted by molar-refractivity contribution is -0.169. The van der Waals surface area contributed by atoms with Crippen molar-refractivity contribution in [3.63, 3.8) is 0 Å². The largest absolute Gasteiger partial charge is 0.507 e. The summed E-state index contributed by atoms with van der Waals surface area (Å²) in [5.41, 5.74) is 4.58. The lowest BCUT2D eigenvalue weighted by atomic mass is 9.96. The van der Waals surface area contributed by atoms with E-state index in [1.54, 1.807) is 24.3 Å². The predicted octanol–water partition coefficient (Wildman–Crippen LogP) is 5.51. The SMILES string of the molecule is COc1cccc(O)c1-c1cc(-c2cccc(N[C@](C)(N)C=O)c2)c(C#N)c(N(C(=O)C(F)(F)F)c2ccccc2)n1. The van der Waals surface area contributed by atoms with Gasteiger partial charge in [0.2, 0.25) is 0 Å². The van der Waals surface area contributed by atoms with E-state index in [2.05, 4.69) is 10.3 Å². The molecule has 0 saturated heterocycles. The van der Waals surface area contributed by atoms with Crippen LogP contribution in [-0.4, -0.2) is 41.2 Å². The highest BCUT2D eigenvalue weighted by Gasteiger charge is 2.45. The molecule has 1 amide bonds. The van der Waals surface area contributed by atoms with Crippen molar-refractivity contribution >= 4 is 29.4 Å². The number of nitriles is 1. The lowest BCUT2D eigenvalue weighted by Gasteiger charge is -2.26. The monoisotopic (exact) mass is 575 g/mol. The van der Waals surface area contributed by atoms with Gasteiger partial charge in [-0.1, -0.05) is 36.4 Å². The fraction of sp³-hybridized carbons (Fsp3) is 0.133. The minimum Gasteiger partial charge on any atom is -0.507 e. The molecule has 0 aliphatic carbocycles. The number of benzene rings is 3. The fourth-order valence-corrected chi connectivity index (χ4v) is 4.25. The molecule has 4 rings (SSSR count). The minimum absolute atomic E-state index is 0.0178. The van der Waals surface area contributed by atoms with Crippen molar-refractivity contribution in [2.45, 2.75) is 18.8 Å². The molecule has 1 aromatic heterocycles. The molecule has 12 heteroatoms. The summed E-state index contributed by atoms with van der Waals surface area (Å²) in [6.07, 6.45) is -4.84. The van der Waals surface area contributed by atoms with E-state index in [0.717, 1.165) is 0 Å². The van der Waals surface area contributed by atoms with Crippen LogP contribution in [0.4, 0.5) is 30.4 Å². The van der Waals surface area contributed by atoms with Crippen molar-refractivity contribution < 1.29 is 32.6 Å². The van der Waals surface area contributed by atoms with Gasteiger partial charge in [0.25, 0.3) is 0 Å². The lowest BCUT2D eigenvalue weighted by Crippen LogP contribution is -2.46. The van der Waals surface area contributed by atoms with Crippen LogP contribution in [0.15, 0.2) is 78.9 Å². The van der Waals surface area contributed by atoms with E-state index in [1.807, 2.05) is 6.07 Å². The van der Waals surface area contributed by atoms with E-state index in [0.29, 0.717) is 22.4 Å². The number of alkyl halides is 3. The van der Waals surface area contributed by atoms with E-state index >= 15 is 0 Å². The van der Waals surface area contributed by atoms with Gasteiger partial charge in [-0.2, -0.15) is 18.4 Å². The number of phenols is 1. The molecule has 4 aromatic rings. The Morgan fingerprint density at radius 1 is 1.10 bits per heavy atom. The summed E-state index contributed by atoms with van der Waals surface area (Å²) in [6, 6.07) is 20.9. The number of nitrogens with one attached hydrogen (secondary N) is 1. The summed E-state index contributed by atoms with van der Waals surface area (Å²) >= 11 is 0. The quantitative estimate of drug-likeness (QED) is 0.184. The third kappa shape index (κ3) is 6.01. The number of hydrogen-bond donors (Lipinski definition) is 3. The second kappa shape index (κ2) is 11.6. The predicted molar refractivity (Wildman–Crippen MR) is 150 cm³/mol. The molecule has 0 fully saturated rings. The number of ether oxygens (including phenoxy) is 1. The molecule has 0 bridgehead atoms. The number of halogens is 3. The number of rotatable bonds is 8. The number of methoxy groups -OCH3 is 1. The van der Waals surface area contributed by atoms with E-state index in [-0.39, 0.29) is 39.6 Å². The number of amides is 1. The zero-order chi connectivity index (χ0) is 30.7. The van der Waals surface area contributed by atoms with Crippen molar-refractivity contribution in [2.75, 3.05) is 17.3 Å². The summed E-state index contributed by atoms with van der Waals surface area (Å²) in [5.74, 6) is -3.08. The van der Waals surface area contributed by atoms with E-state index < -0.39 is 23.6 Å². The van der Waals surface area contributed by atoms with Crippen molar-refractivity contribution in [3.05, 3.63) is 84.4 Å². The second-order valence-corrected chi connectivity index (χ2v) is 9.30. The summed E-state index contributed by atoms with van der Waals surface area (Å²) in [6.45, 7) is 1.43. The van der Waals surface area contributed by atoms with E-state index in [9.17, 15) is 33.1 Å². The third-order valence-electron chi connectivity index (χ3n) is 6.10. The Kier molecular flexibility index (Phi) is 8.17. The molecule has 0 spiro atoms. The zero-order valence-corrected chi connectivity index (χ0v) is 22.3. The first-order chi connectivity index (χ1) is 19.9. The molecule has 3 aromatic carbocycles. The topological polar surface area (TPSA) is 142 Å².